The normalized spacial score (nSPS) is 17.1. The van der Waals surface area contributed by atoms with Crippen molar-refractivity contribution in [2.45, 2.75) is 57.2 Å². The Balaban J connectivity index is 1.54. The number of carbonyl (C=O) groups is 1. The Bertz CT molecular complexity index is 1470. The molecule has 258 valence electrons. The van der Waals surface area contributed by atoms with Crippen LogP contribution in [0.5, 0.6) is 0 Å². The van der Waals surface area contributed by atoms with Crippen molar-refractivity contribution in [1.82, 2.24) is 10.6 Å². The van der Waals surface area contributed by atoms with Crippen LogP contribution in [0.25, 0.3) is 0 Å². The molecule has 47 heavy (non-hydrogen) atoms. The van der Waals surface area contributed by atoms with E-state index in [-0.39, 0.29) is 35.9 Å². The Morgan fingerprint density at radius 2 is 1.57 bits per heavy atom. The summed E-state index contributed by atoms with van der Waals surface area (Å²) in [6.45, 7) is 2.09. The molecule has 4 rings (SSSR count). The van der Waals surface area contributed by atoms with Crippen LogP contribution >= 0.6 is 10.8 Å². The summed E-state index contributed by atoms with van der Waals surface area (Å²) in [4.78, 5) is 13.6. The highest BCUT2D eigenvalue weighted by Crippen LogP contribution is 2.50. The van der Waals surface area contributed by atoms with Crippen molar-refractivity contribution in [1.29, 1.82) is 0 Å². The lowest BCUT2D eigenvalue weighted by atomic mass is 10.00. The molecule has 1 fully saturated rings. The molecular weight excluding hydrogens is 650 g/mol. The number of alkyl halides is 6. The van der Waals surface area contributed by atoms with Crippen LogP contribution in [-0.2, 0) is 25.3 Å². The molecule has 6 N–H and O–H groups in total. The van der Waals surface area contributed by atoms with Crippen molar-refractivity contribution in [3.63, 3.8) is 0 Å². The van der Waals surface area contributed by atoms with Gasteiger partial charge in [-0.15, -0.1) is 10.8 Å². The average molecular weight is 689 g/mol. The number of hydrogen-bond acceptors (Lipinski definition) is 7. The van der Waals surface area contributed by atoms with E-state index in [1.165, 1.54) is 10.4 Å². The standard InChI is InChI=1S/C32H38F6N4O4S/c1-2-40-26-15-23(16-27(18-26)42-10-6-7-11-47(42,45)46)30(44)41-28(14-21-8-4-3-5-9-21)29(43)20-39-19-22-12-24(31(33,34)35)17-25(13-22)32(36,37)38/h3-5,8-9,12-13,15-18,28-29,39-40,43,45-46H,2,6-7,10-11,14,19-20H2,1H3,(H,41,44). The minimum atomic E-state index is -4.99. The molecule has 0 radical (unpaired) electrons. The third-order valence-corrected chi connectivity index (χ3v) is 9.58. The topological polar surface area (TPSA) is 117 Å². The van der Waals surface area contributed by atoms with Crippen LogP contribution in [0.15, 0.2) is 66.7 Å². The van der Waals surface area contributed by atoms with E-state index in [9.17, 15) is 45.3 Å². The molecular formula is C32H38F6N4O4S. The van der Waals surface area contributed by atoms with Crippen molar-refractivity contribution in [2.75, 3.05) is 35.0 Å². The maximum absolute atomic E-state index is 13.6. The van der Waals surface area contributed by atoms with Gasteiger partial charge in [0.2, 0.25) is 0 Å². The maximum atomic E-state index is 13.6. The molecule has 15 heteroatoms. The van der Waals surface area contributed by atoms with Gasteiger partial charge >= 0.3 is 12.4 Å². The number of carbonyl (C=O) groups excluding carboxylic acids is 1. The molecule has 1 heterocycles. The summed E-state index contributed by atoms with van der Waals surface area (Å²) < 4.78 is 103. The van der Waals surface area contributed by atoms with E-state index in [1.54, 1.807) is 42.5 Å². The molecule has 2 atom stereocenters. The monoisotopic (exact) mass is 688 g/mol. The zero-order valence-electron chi connectivity index (χ0n) is 25.5. The molecule has 8 nitrogen and oxygen atoms in total. The lowest BCUT2D eigenvalue weighted by Gasteiger charge is -2.47. The minimum absolute atomic E-state index is 0.0495. The number of rotatable bonds is 12. The van der Waals surface area contributed by atoms with E-state index in [0.29, 0.717) is 43.0 Å². The molecule has 0 aliphatic carbocycles. The number of aliphatic hydroxyl groups is 1. The van der Waals surface area contributed by atoms with E-state index < -0.39 is 58.9 Å². The van der Waals surface area contributed by atoms with Gasteiger partial charge in [-0.1, -0.05) is 30.3 Å². The second-order valence-corrected chi connectivity index (χ2v) is 13.4. The van der Waals surface area contributed by atoms with E-state index >= 15 is 0 Å². The summed E-state index contributed by atoms with van der Waals surface area (Å²) in [6.07, 6.45) is -9.74. The van der Waals surface area contributed by atoms with E-state index in [0.717, 1.165) is 12.0 Å². The Labute approximate surface area is 270 Å². The van der Waals surface area contributed by atoms with Gasteiger partial charge in [0.25, 0.3) is 5.91 Å². The number of nitrogens with zero attached hydrogens (tertiary/aromatic N) is 1. The quantitative estimate of drug-likeness (QED) is 0.115. The maximum Gasteiger partial charge on any atom is 0.416 e. The summed E-state index contributed by atoms with van der Waals surface area (Å²) in [5.74, 6) is -0.372. The van der Waals surface area contributed by atoms with Gasteiger partial charge < -0.3 is 21.1 Å². The zero-order valence-corrected chi connectivity index (χ0v) is 26.4. The summed E-state index contributed by atoms with van der Waals surface area (Å²) >= 11 is 0. The van der Waals surface area contributed by atoms with Gasteiger partial charge in [-0.05, 0) is 73.7 Å². The molecule has 3 aromatic carbocycles. The number of halogens is 6. The number of hydrogen-bond donors (Lipinski definition) is 6. The first-order valence-corrected chi connectivity index (χ1v) is 16.7. The van der Waals surface area contributed by atoms with Crippen LogP contribution in [0.2, 0.25) is 0 Å². The van der Waals surface area contributed by atoms with Crippen LogP contribution in [0, 0.1) is 0 Å². The van der Waals surface area contributed by atoms with Gasteiger partial charge in [0.05, 0.1) is 34.7 Å². The first-order chi connectivity index (χ1) is 22.1. The van der Waals surface area contributed by atoms with E-state index in [2.05, 4.69) is 16.0 Å². The highest BCUT2D eigenvalue weighted by molar-refractivity contribution is 8.25. The largest absolute Gasteiger partial charge is 0.416 e. The van der Waals surface area contributed by atoms with Crippen molar-refractivity contribution in [3.05, 3.63) is 94.5 Å². The Hall–Kier alpha value is -3.50. The highest BCUT2D eigenvalue weighted by atomic mass is 32.3. The second kappa shape index (κ2) is 15.2. The summed E-state index contributed by atoms with van der Waals surface area (Å²) in [7, 11) is -3.08. The SMILES string of the molecule is CCNc1cc(C(=O)NC(Cc2ccccc2)C(O)CNCc2cc(C(F)(F)F)cc(C(F)(F)F)c2)cc(N2CCCCS2(O)O)c1. The Morgan fingerprint density at radius 3 is 2.17 bits per heavy atom. The summed E-state index contributed by atoms with van der Waals surface area (Å²) in [6, 6.07) is 14.1. The number of amides is 1. The summed E-state index contributed by atoms with van der Waals surface area (Å²) in [5, 5.41) is 19.8. The average Bonchev–Trinajstić information content (AvgIpc) is 3.00. The lowest BCUT2D eigenvalue weighted by Crippen LogP contribution is -2.48. The van der Waals surface area contributed by atoms with Gasteiger partial charge in [0.15, 0.2) is 0 Å². The predicted molar refractivity (Wildman–Crippen MR) is 170 cm³/mol. The molecule has 1 saturated heterocycles. The molecule has 0 bridgehead atoms. The van der Waals surface area contributed by atoms with E-state index in [1.807, 2.05) is 6.92 Å². The highest BCUT2D eigenvalue weighted by Gasteiger charge is 2.37. The van der Waals surface area contributed by atoms with Crippen LogP contribution in [0.4, 0.5) is 37.7 Å². The van der Waals surface area contributed by atoms with Crippen LogP contribution < -0.4 is 20.3 Å². The lowest BCUT2D eigenvalue weighted by molar-refractivity contribution is -0.143. The third-order valence-electron chi connectivity index (χ3n) is 7.64. The molecule has 2 unspecified atom stereocenters. The molecule has 0 aromatic heterocycles. The first kappa shape index (κ1) is 36.3. The fourth-order valence-electron chi connectivity index (χ4n) is 5.33. The minimum Gasteiger partial charge on any atom is -0.390 e. The van der Waals surface area contributed by atoms with Crippen molar-refractivity contribution in [3.8, 4) is 0 Å². The van der Waals surface area contributed by atoms with Crippen LogP contribution in [-0.4, -0.2) is 57.7 Å². The molecule has 1 aliphatic rings. The van der Waals surface area contributed by atoms with Crippen molar-refractivity contribution in [2.24, 2.45) is 0 Å². The van der Waals surface area contributed by atoms with E-state index in [4.69, 9.17) is 0 Å². The van der Waals surface area contributed by atoms with Crippen molar-refractivity contribution >= 4 is 28.1 Å². The third kappa shape index (κ3) is 10.00. The number of benzene rings is 3. The number of nitrogens with one attached hydrogen (secondary N) is 3. The summed E-state index contributed by atoms with van der Waals surface area (Å²) in [5.41, 5.74) is -1.21. The van der Waals surface area contributed by atoms with Crippen LogP contribution in [0.1, 0.15) is 52.4 Å². The van der Waals surface area contributed by atoms with Crippen molar-refractivity contribution < 1.29 is 45.3 Å². The first-order valence-electron chi connectivity index (χ1n) is 15.0. The number of aliphatic hydroxyl groups excluding tert-OH is 1. The van der Waals surface area contributed by atoms with Gasteiger partial charge in [-0.25, -0.2) is 0 Å². The fraction of sp³-hybridized carbons (Fsp3) is 0.406. The Morgan fingerprint density at radius 1 is 0.915 bits per heavy atom. The predicted octanol–water partition coefficient (Wildman–Crippen LogP) is 6.91. The fourth-order valence-corrected chi connectivity index (χ4v) is 7.01. The molecule has 1 amide bonds. The van der Waals surface area contributed by atoms with Gasteiger partial charge in [-0.3, -0.25) is 18.2 Å². The van der Waals surface area contributed by atoms with Gasteiger partial charge in [0.1, 0.15) is 0 Å². The molecule has 0 saturated carbocycles. The van der Waals surface area contributed by atoms with Gasteiger partial charge in [-0.2, -0.15) is 26.3 Å². The smallest absolute Gasteiger partial charge is 0.390 e. The van der Waals surface area contributed by atoms with Crippen LogP contribution in [0.3, 0.4) is 0 Å². The zero-order chi connectivity index (χ0) is 34.4. The Kier molecular flexibility index (Phi) is 11.7. The molecule has 1 aliphatic heterocycles. The molecule has 0 spiro atoms. The number of anilines is 2. The second-order valence-electron chi connectivity index (χ2n) is 11.3. The molecule has 3 aromatic rings. The van der Waals surface area contributed by atoms with Gasteiger partial charge in [0, 0.05) is 37.4 Å².